The number of rotatable bonds is 6. The molecule has 4 heteroatoms. The van der Waals surface area contributed by atoms with Crippen LogP contribution in [0.15, 0.2) is 18.2 Å². The van der Waals surface area contributed by atoms with Gasteiger partial charge in [0.15, 0.2) is 0 Å². The van der Waals surface area contributed by atoms with Gasteiger partial charge >= 0.3 is 0 Å². The molecular weight excluding hydrogens is 274 g/mol. The second-order valence-electron chi connectivity index (χ2n) is 5.88. The van der Waals surface area contributed by atoms with Crippen LogP contribution in [-0.2, 0) is 4.74 Å². The van der Waals surface area contributed by atoms with Crippen LogP contribution in [0, 0.1) is 6.92 Å². The van der Waals surface area contributed by atoms with E-state index in [9.17, 15) is 0 Å². The van der Waals surface area contributed by atoms with Crippen molar-refractivity contribution in [1.82, 2.24) is 5.32 Å². The molecule has 1 heterocycles. The van der Waals surface area contributed by atoms with Crippen molar-refractivity contribution in [1.29, 1.82) is 0 Å². The summed E-state index contributed by atoms with van der Waals surface area (Å²) < 4.78 is 11.8. The van der Waals surface area contributed by atoms with Gasteiger partial charge in [-0.15, -0.1) is 0 Å². The van der Waals surface area contributed by atoms with E-state index in [1.54, 1.807) is 0 Å². The first-order valence-corrected chi connectivity index (χ1v) is 7.86. The number of aryl methyl sites for hydroxylation is 1. The first-order chi connectivity index (χ1) is 9.70. The van der Waals surface area contributed by atoms with Crippen LogP contribution in [0.4, 0.5) is 0 Å². The van der Waals surface area contributed by atoms with Gasteiger partial charge in [0.25, 0.3) is 0 Å². The summed E-state index contributed by atoms with van der Waals surface area (Å²) in [5.74, 6) is 0.750. The maximum atomic E-state index is 6.16. The van der Waals surface area contributed by atoms with E-state index in [4.69, 9.17) is 21.1 Å². The molecule has 0 amide bonds. The standard InChI is InChI=1S/C16H22ClNO2/c1-11-2-7-16(15(17)8-11)19-10-14-6-5-13(20-14)9-18-12-3-4-12/h2,7-8,12-14,18H,3-6,9-10H2,1H3. The highest BCUT2D eigenvalue weighted by Crippen LogP contribution is 2.27. The fourth-order valence-electron chi connectivity index (χ4n) is 2.54. The molecule has 2 aliphatic rings. The molecule has 2 fully saturated rings. The van der Waals surface area contributed by atoms with Gasteiger partial charge < -0.3 is 14.8 Å². The minimum atomic E-state index is 0.193. The molecule has 1 saturated heterocycles. The lowest BCUT2D eigenvalue weighted by atomic mass is 10.2. The molecule has 1 N–H and O–H groups in total. The molecule has 1 aliphatic heterocycles. The Bertz CT molecular complexity index is 462. The Morgan fingerprint density at radius 2 is 2.05 bits per heavy atom. The van der Waals surface area contributed by atoms with Crippen LogP contribution >= 0.6 is 11.6 Å². The molecule has 2 atom stereocenters. The zero-order valence-electron chi connectivity index (χ0n) is 11.9. The summed E-state index contributed by atoms with van der Waals surface area (Å²) in [6.07, 6.45) is 5.38. The van der Waals surface area contributed by atoms with Crippen LogP contribution in [0.2, 0.25) is 5.02 Å². The largest absolute Gasteiger partial charge is 0.489 e. The Balaban J connectivity index is 1.42. The molecule has 2 unspecified atom stereocenters. The molecule has 0 spiro atoms. The minimum Gasteiger partial charge on any atom is -0.489 e. The van der Waals surface area contributed by atoms with Gasteiger partial charge in [-0.1, -0.05) is 17.7 Å². The Kier molecular flexibility index (Phi) is 4.49. The van der Waals surface area contributed by atoms with Gasteiger partial charge in [0.2, 0.25) is 0 Å². The van der Waals surface area contributed by atoms with Gasteiger partial charge in [0, 0.05) is 12.6 Å². The van der Waals surface area contributed by atoms with Crippen molar-refractivity contribution in [2.75, 3.05) is 13.2 Å². The molecule has 110 valence electrons. The van der Waals surface area contributed by atoms with Gasteiger partial charge in [-0.3, -0.25) is 0 Å². The zero-order chi connectivity index (χ0) is 13.9. The van der Waals surface area contributed by atoms with Crippen LogP contribution in [0.5, 0.6) is 5.75 Å². The van der Waals surface area contributed by atoms with Gasteiger partial charge in [-0.25, -0.2) is 0 Å². The number of hydrogen-bond acceptors (Lipinski definition) is 3. The molecule has 1 aromatic carbocycles. The van der Waals surface area contributed by atoms with Gasteiger partial charge in [0.05, 0.1) is 17.2 Å². The first kappa shape index (κ1) is 14.2. The van der Waals surface area contributed by atoms with Crippen molar-refractivity contribution in [2.45, 2.75) is 50.9 Å². The smallest absolute Gasteiger partial charge is 0.138 e. The maximum absolute atomic E-state index is 6.16. The number of benzene rings is 1. The topological polar surface area (TPSA) is 30.5 Å². The van der Waals surface area contributed by atoms with Crippen LogP contribution < -0.4 is 10.1 Å². The second-order valence-corrected chi connectivity index (χ2v) is 6.29. The van der Waals surface area contributed by atoms with Crippen LogP contribution in [0.3, 0.4) is 0 Å². The molecule has 3 rings (SSSR count). The molecular formula is C16H22ClNO2. The molecule has 3 nitrogen and oxygen atoms in total. The molecule has 1 aromatic rings. The highest BCUT2D eigenvalue weighted by molar-refractivity contribution is 6.32. The number of nitrogens with one attached hydrogen (secondary N) is 1. The Labute approximate surface area is 125 Å². The third-order valence-corrected chi connectivity index (χ3v) is 4.21. The van der Waals surface area contributed by atoms with Crippen molar-refractivity contribution in [3.05, 3.63) is 28.8 Å². The van der Waals surface area contributed by atoms with E-state index in [1.807, 2.05) is 25.1 Å². The fourth-order valence-corrected chi connectivity index (χ4v) is 2.83. The number of ether oxygens (including phenoxy) is 2. The molecule has 0 bridgehead atoms. The number of hydrogen-bond donors (Lipinski definition) is 1. The average molecular weight is 296 g/mol. The van der Waals surface area contributed by atoms with Gasteiger partial charge in [-0.2, -0.15) is 0 Å². The Morgan fingerprint density at radius 1 is 1.25 bits per heavy atom. The SMILES string of the molecule is Cc1ccc(OCC2CCC(CNC3CC3)O2)c(Cl)c1. The van der Waals surface area contributed by atoms with Crippen molar-refractivity contribution >= 4 is 11.6 Å². The normalized spacial score (nSPS) is 25.9. The third kappa shape index (κ3) is 3.87. The van der Waals surface area contributed by atoms with Crippen LogP contribution in [-0.4, -0.2) is 31.4 Å². The highest BCUT2D eigenvalue weighted by Gasteiger charge is 2.28. The monoisotopic (exact) mass is 295 g/mol. The Hall–Kier alpha value is -0.770. The van der Waals surface area contributed by atoms with E-state index in [1.165, 1.54) is 12.8 Å². The minimum absolute atomic E-state index is 0.193. The van der Waals surface area contributed by atoms with E-state index in [0.29, 0.717) is 17.7 Å². The summed E-state index contributed by atoms with van der Waals surface area (Å²) in [5, 5.41) is 4.20. The predicted octanol–water partition coefficient (Wildman–Crippen LogP) is 3.33. The maximum Gasteiger partial charge on any atom is 0.138 e. The summed E-state index contributed by atoms with van der Waals surface area (Å²) in [7, 11) is 0. The number of halogens is 1. The van der Waals surface area contributed by atoms with Gasteiger partial charge in [0.1, 0.15) is 12.4 Å². The first-order valence-electron chi connectivity index (χ1n) is 7.48. The summed E-state index contributed by atoms with van der Waals surface area (Å²) >= 11 is 6.16. The molecule has 0 aromatic heterocycles. The summed E-state index contributed by atoms with van der Waals surface area (Å²) in [6.45, 7) is 3.59. The van der Waals surface area contributed by atoms with Crippen LogP contribution in [0.25, 0.3) is 0 Å². The Morgan fingerprint density at radius 3 is 2.80 bits per heavy atom. The lowest BCUT2D eigenvalue weighted by Gasteiger charge is -2.15. The van der Waals surface area contributed by atoms with Crippen molar-refractivity contribution in [2.24, 2.45) is 0 Å². The van der Waals surface area contributed by atoms with E-state index in [0.717, 1.165) is 36.7 Å². The van der Waals surface area contributed by atoms with Crippen LogP contribution in [0.1, 0.15) is 31.2 Å². The summed E-state index contributed by atoms with van der Waals surface area (Å²) in [4.78, 5) is 0. The van der Waals surface area contributed by atoms with E-state index < -0.39 is 0 Å². The quantitative estimate of drug-likeness (QED) is 0.873. The fraction of sp³-hybridized carbons (Fsp3) is 0.625. The second kappa shape index (κ2) is 6.33. The highest BCUT2D eigenvalue weighted by atomic mass is 35.5. The van der Waals surface area contributed by atoms with E-state index in [-0.39, 0.29) is 6.10 Å². The lowest BCUT2D eigenvalue weighted by Crippen LogP contribution is -2.29. The van der Waals surface area contributed by atoms with E-state index >= 15 is 0 Å². The lowest BCUT2D eigenvalue weighted by molar-refractivity contribution is 0.0184. The van der Waals surface area contributed by atoms with Crippen molar-refractivity contribution < 1.29 is 9.47 Å². The predicted molar refractivity (Wildman–Crippen MR) is 80.6 cm³/mol. The van der Waals surface area contributed by atoms with Crippen molar-refractivity contribution in [3.63, 3.8) is 0 Å². The van der Waals surface area contributed by atoms with Gasteiger partial charge in [-0.05, 0) is 50.3 Å². The summed E-state index contributed by atoms with van der Waals surface area (Å²) in [6, 6.07) is 6.62. The molecule has 0 radical (unpaired) electrons. The zero-order valence-corrected chi connectivity index (χ0v) is 12.7. The molecule has 1 saturated carbocycles. The summed E-state index contributed by atoms with van der Waals surface area (Å²) in [5.41, 5.74) is 1.14. The van der Waals surface area contributed by atoms with Crippen molar-refractivity contribution in [3.8, 4) is 5.75 Å². The average Bonchev–Trinajstić information content (AvgIpc) is 3.14. The third-order valence-electron chi connectivity index (χ3n) is 3.92. The van der Waals surface area contributed by atoms with E-state index in [2.05, 4.69) is 5.32 Å². The molecule has 1 aliphatic carbocycles. The molecule has 20 heavy (non-hydrogen) atoms.